The molecular formula is C23H25N3O5. The van der Waals surface area contributed by atoms with Crippen LogP contribution in [0.25, 0.3) is 5.57 Å². The van der Waals surface area contributed by atoms with Crippen LogP contribution in [-0.2, 0) is 19.1 Å². The van der Waals surface area contributed by atoms with E-state index in [1.807, 2.05) is 0 Å². The maximum Gasteiger partial charge on any atom is 0.278 e. The maximum atomic E-state index is 13.2. The summed E-state index contributed by atoms with van der Waals surface area (Å²) in [6, 6.07) is 14.0. The average molecular weight is 423 g/mol. The number of nitrogens with zero attached hydrogens (tertiary/aromatic N) is 1. The van der Waals surface area contributed by atoms with Crippen molar-refractivity contribution in [2.45, 2.75) is 13.3 Å². The minimum atomic E-state index is -0.409. The van der Waals surface area contributed by atoms with Gasteiger partial charge in [-0.1, -0.05) is 18.2 Å². The molecule has 0 bridgehead atoms. The highest BCUT2D eigenvalue weighted by Gasteiger charge is 2.39. The smallest absolute Gasteiger partial charge is 0.278 e. The molecule has 8 heteroatoms. The van der Waals surface area contributed by atoms with Crippen molar-refractivity contribution in [2.24, 2.45) is 0 Å². The molecule has 1 aliphatic rings. The van der Waals surface area contributed by atoms with Gasteiger partial charge < -0.3 is 20.1 Å². The molecule has 2 N–H and O–H groups in total. The van der Waals surface area contributed by atoms with E-state index < -0.39 is 5.91 Å². The van der Waals surface area contributed by atoms with Gasteiger partial charge in [0.15, 0.2) is 0 Å². The molecule has 0 radical (unpaired) electrons. The van der Waals surface area contributed by atoms with E-state index in [4.69, 9.17) is 9.47 Å². The summed E-state index contributed by atoms with van der Waals surface area (Å²) in [5.41, 5.74) is 2.21. The van der Waals surface area contributed by atoms with Gasteiger partial charge in [-0.25, -0.2) is 0 Å². The van der Waals surface area contributed by atoms with Gasteiger partial charge in [-0.2, -0.15) is 0 Å². The average Bonchev–Trinajstić information content (AvgIpc) is 2.99. The monoisotopic (exact) mass is 423 g/mol. The largest absolute Gasteiger partial charge is 0.496 e. The number of rotatable bonds is 9. The van der Waals surface area contributed by atoms with E-state index in [-0.39, 0.29) is 29.6 Å². The third-order valence-corrected chi connectivity index (χ3v) is 4.75. The van der Waals surface area contributed by atoms with Gasteiger partial charge in [0.05, 0.1) is 12.7 Å². The van der Waals surface area contributed by atoms with Gasteiger partial charge in [0.2, 0.25) is 5.91 Å². The van der Waals surface area contributed by atoms with Crippen LogP contribution in [-0.4, -0.2) is 50.0 Å². The Labute approximate surface area is 180 Å². The number of para-hydroxylation sites is 1. The summed E-state index contributed by atoms with van der Waals surface area (Å²) < 4.78 is 10.5. The summed E-state index contributed by atoms with van der Waals surface area (Å²) in [7, 11) is 3.09. The highest BCUT2D eigenvalue weighted by atomic mass is 16.5. The molecule has 0 aliphatic carbocycles. The molecule has 0 saturated carbocycles. The van der Waals surface area contributed by atoms with Crippen molar-refractivity contribution in [3.63, 3.8) is 0 Å². The summed E-state index contributed by atoms with van der Waals surface area (Å²) in [4.78, 5) is 38.8. The van der Waals surface area contributed by atoms with Crippen molar-refractivity contribution in [1.82, 2.24) is 4.90 Å². The van der Waals surface area contributed by atoms with Crippen LogP contribution in [0.2, 0.25) is 0 Å². The summed E-state index contributed by atoms with van der Waals surface area (Å²) in [6.07, 6.45) is 0.534. The third kappa shape index (κ3) is 4.92. The first kappa shape index (κ1) is 22.0. The van der Waals surface area contributed by atoms with Crippen LogP contribution in [0.4, 0.5) is 11.4 Å². The number of anilines is 2. The Hall–Kier alpha value is -3.65. The molecule has 0 aromatic heterocycles. The van der Waals surface area contributed by atoms with Gasteiger partial charge in [-0.3, -0.25) is 19.3 Å². The number of carbonyl (C=O) groups is 3. The fourth-order valence-electron chi connectivity index (χ4n) is 3.35. The molecule has 1 heterocycles. The Morgan fingerprint density at radius 2 is 1.65 bits per heavy atom. The highest BCUT2D eigenvalue weighted by molar-refractivity contribution is 6.37. The number of amides is 3. The molecule has 2 aromatic carbocycles. The van der Waals surface area contributed by atoms with E-state index in [0.717, 1.165) is 0 Å². The zero-order valence-corrected chi connectivity index (χ0v) is 17.7. The normalized spacial score (nSPS) is 13.6. The molecule has 0 spiro atoms. The third-order valence-electron chi connectivity index (χ3n) is 4.75. The summed E-state index contributed by atoms with van der Waals surface area (Å²) >= 11 is 0. The van der Waals surface area contributed by atoms with E-state index in [9.17, 15) is 14.4 Å². The van der Waals surface area contributed by atoms with E-state index in [2.05, 4.69) is 10.6 Å². The number of hydrogen-bond donors (Lipinski definition) is 2. The van der Waals surface area contributed by atoms with Crippen LogP contribution in [0.5, 0.6) is 5.75 Å². The van der Waals surface area contributed by atoms with Crippen molar-refractivity contribution in [3.05, 3.63) is 59.8 Å². The first-order valence-electron chi connectivity index (χ1n) is 9.83. The number of nitrogens with one attached hydrogen (secondary N) is 2. The zero-order chi connectivity index (χ0) is 22.4. The molecule has 0 saturated heterocycles. The maximum absolute atomic E-state index is 13.2. The standard InChI is InChI=1S/C23H25N3O5/c1-15(27)24-16-9-11-17(12-10-16)25-21-20(18-7-4-5-8-19(18)31-3)22(28)26(23(21)29)13-6-14-30-2/h4-5,7-12,25H,6,13-14H2,1-3H3,(H,24,27). The van der Waals surface area contributed by atoms with Gasteiger partial charge in [0.1, 0.15) is 11.4 Å². The molecule has 8 nitrogen and oxygen atoms in total. The SMILES string of the molecule is COCCCN1C(=O)C(Nc2ccc(NC(C)=O)cc2)=C(c2ccccc2OC)C1=O. The second-order valence-corrected chi connectivity index (χ2v) is 6.94. The number of carbonyl (C=O) groups excluding carboxylic acids is 3. The lowest BCUT2D eigenvalue weighted by molar-refractivity contribution is -0.137. The molecule has 0 atom stereocenters. The van der Waals surface area contributed by atoms with Crippen LogP contribution in [0.1, 0.15) is 18.9 Å². The highest BCUT2D eigenvalue weighted by Crippen LogP contribution is 2.35. The van der Waals surface area contributed by atoms with Crippen molar-refractivity contribution < 1.29 is 23.9 Å². The van der Waals surface area contributed by atoms with Crippen molar-refractivity contribution >= 4 is 34.7 Å². The molecular weight excluding hydrogens is 398 g/mol. The Balaban J connectivity index is 1.98. The Morgan fingerprint density at radius 1 is 0.968 bits per heavy atom. The van der Waals surface area contributed by atoms with Gasteiger partial charge in [-0.15, -0.1) is 0 Å². The summed E-state index contributed by atoms with van der Waals surface area (Å²) in [6.45, 7) is 2.11. The van der Waals surface area contributed by atoms with Crippen LogP contribution >= 0.6 is 0 Å². The Morgan fingerprint density at radius 3 is 2.29 bits per heavy atom. The molecule has 0 unspecified atom stereocenters. The molecule has 162 valence electrons. The predicted molar refractivity (Wildman–Crippen MR) is 117 cm³/mol. The quantitative estimate of drug-likeness (QED) is 0.476. The topological polar surface area (TPSA) is 97.0 Å². The van der Waals surface area contributed by atoms with Crippen molar-refractivity contribution in [2.75, 3.05) is 38.0 Å². The van der Waals surface area contributed by atoms with E-state index in [1.54, 1.807) is 55.6 Å². The fraction of sp³-hybridized carbons (Fsp3) is 0.261. The van der Waals surface area contributed by atoms with E-state index >= 15 is 0 Å². The molecule has 31 heavy (non-hydrogen) atoms. The van der Waals surface area contributed by atoms with Crippen LogP contribution < -0.4 is 15.4 Å². The molecule has 0 fully saturated rings. The van der Waals surface area contributed by atoms with E-state index in [0.29, 0.717) is 35.7 Å². The second-order valence-electron chi connectivity index (χ2n) is 6.94. The first-order valence-corrected chi connectivity index (χ1v) is 9.83. The lowest BCUT2D eigenvalue weighted by Crippen LogP contribution is -2.33. The van der Waals surface area contributed by atoms with Gasteiger partial charge >= 0.3 is 0 Å². The molecule has 2 aromatic rings. The van der Waals surface area contributed by atoms with Crippen molar-refractivity contribution in [3.8, 4) is 5.75 Å². The Bertz CT molecular complexity index is 1010. The lowest BCUT2D eigenvalue weighted by atomic mass is 10.0. The number of methoxy groups -OCH3 is 2. The Kier molecular flexibility index (Phi) is 7.04. The lowest BCUT2D eigenvalue weighted by Gasteiger charge is -2.15. The van der Waals surface area contributed by atoms with Gasteiger partial charge in [-0.05, 0) is 36.8 Å². The molecule has 1 aliphatic heterocycles. The minimum Gasteiger partial charge on any atom is -0.496 e. The fourth-order valence-corrected chi connectivity index (χ4v) is 3.35. The number of imide groups is 1. The van der Waals surface area contributed by atoms with Gasteiger partial charge in [0, 0.05) is 44.1 Å². The predicted octanol–water partition coefficient (Wildman–Crippen LogP) is 2.88. The van der Waals surface area contributed by atoms with Crippen LogP contribution in [0.3, 0.4) is 0 Å². The van der Waals surface area contributed by atoms with E-state index in [1.165, 1.54) is 18.9 Å². The number of ether oxygens (including phenoxy) is 2. The molecule has 3 rings (SSSR count). The summed E-state index contributed by atoms with van der Waals surface area (Å²) in [5, 5.41) is 5.78. The number of benzene rings is 2. The number of hydrogen-bond acceptors (Lipinski definition) is 6. The zero-order valence-electron chi connectivity index (χ0n) is 17.7. The van der Waals surface area contributed by atoms with Crippen LogP contribution in [0.15, 0.2) is 54.2 Å². The van der Waals surface area contributed by atoms with Crippen LogP contribution in [0, 0.1) is 0 Å². The second kappa shape index (κ2) is 9.90. The minimum absolute atomic E-state index is 0.176. The van der Waals surface area contributed by atoms with Gasteiger partial charge in [0.25, 0.3) is 11.8 Å². The first-order chi connectivity index (χ1) is 15.0. The summed E-state index contributed by atoms with van der Waals surface area (Å²) in [5.74, 6) is -0.473. The van der Waals surface area contributed by atoms with Crippen molar-refractivity contribution in [1.29, 1.82) is 0 Å². The molecule has 3 amide bonds.